The lowest BCUT2D eigenvalue weighted by atomic mass is 10.3. The fraction of sp³-hybridized carbons (Fsp3) is 0.417. The van der Waals surface area contributed by atoms with Crippen molar-refractivity contribution in [3.05, 3.63) is 30.6 Å². The predicted octanol–water partition coefficient (Wildman–Crippen LogP) is 0.193. The summed E-state index contributed by atoms with van der Waals surface area (Å²) in [6.07, 6.45) is 3.33. The fourth-order valence-corrected chi connectivity index (χ4v) is 3.05. The zero-order chi connectivity index (χ0) is 14.7. The summed E-state index contributed by atoms with van der Waals surface area (Å²) in [4.78, 5) is 0.252. The van der Waals surface area contributed by atoms with Crippen LogP contribution in [0.25, 0.3) is 0 Å². The maximum Gasteiger partial charge on any atom is 0.240 e. The Labute approximate surface area is 122 Å². The van der Waals surface area contributed by atoms with Crippen LogP contribution in [0, 0.1) is 0 Å². The van der Waals surface area contributed by atoms with E-state index in [1.54, 1.807) is 16.8 Å². The molecule has 3 rings (SSSR count). The summed E-state index contributed by atoms with van der Waals surface area (Å²) in [5, 5.41) is 10.8. The van der Waals surface area contributed by atoms with E-state index in [0.717, 1.165) is 12.8 Å². The van der Waals surface area contributed by atoms with Crippen LogP contribution in [0.5, 0.6) is 5.75 Å². The second-order valence-electron chi connectivity index (χ2n) is 4.79. The second-order valence-corrected chi connectivity index (χ2v) is 6.50. The van der Waals surface area contributed by atoms with E-state index in [-0.39, 0.29) is 10.9 Å². The smallest absolute Gasteiger partial charge is 0.240 e. The maximum absolute atomic E-state index is 12.0. The van der Waals surface area contributed by atoms with Crippen molar-refractivity contribution in [2.24, 2.45) is 0 Å². The molecule has 0 amide bonds. The third-order valence-electron chi connectivity index (χ3n) is 3.01. The highest BCUT2D eigenvalue weighted by atomic mass is 32.2. The number of nitrogens with zero attached hydrogens (tertiary/aromatic N) is 4. The molecule has 1 aromatic carbocycles. The molecule has 1 N–H and O–H groups in total. The minimum atomic E-state index is -3.41. The van der Waals surface area contributed by atoms with E-state index in [4.69, 9.17) is 4.74 Å². The molecular formula is C12H15N5O3S. The van der Waals surface area contributed by atoms with Crippen LogP contribution in [0.3, 0.4) is 0 Å². The molecule has 1 aromatic heterocycles. The van der Waals surface area contributed by atoms with Crippen molar-refractivity contribution >= 4 is 10.0 Å². The van der Waals surface area contributed by atoms with Gasteiger partial charge in [-0.1, -0.05) is 0 Å². The van der Waals surface area contributed by atoms with Crippen LogP contribution in [0.1, 0.15) is 12.8 Å². The van der Waals surface area contributed by atoms with Crippen LogP contribution in [-0.4, -0.2) is 41.3 Å². The molecule has 1 saturated carbocycles. The van der Waals surface area contributed by atoms with Gasteiger partial charge in [0.2, 0.25) is 10.0 Å². The molecule has 1 heterocycles. The van der Waals surface area contributed by atoms with E-state index >= 15 is 0 Å². The Morgan fingerprint density at radius 2 is 2.05 bits per heavy atom. The molecule has 1 aliphatic carbocycles. The monoisotopic (exact) mass is 309 g/mol. The van der Waals surface area contributed by atoms with Crippen LogP contribution >= 0.6 is 0 Å². The summed E-state index contributed by atoms with van der Waals surface area (Å²) < 4.78 is 33.7. The number of aromatic nitrogens is 4. The average molecular weight is 309 g/mol. The molecule has 0 bridgehead atoms. The number of sulfonamides is 1. The van der Waals surface area contributed by atoms with E-state index in [0.29, 0.717) is 18.9 Å². The lowest BCUT2D eigenvalue weighted by Gasteiger charge is -2.08. The molecule has 1 aliphatic rings. The zero-order valence-corrected chi connectivity index (χ0v) is 12.0. The number of hydrogen-bond acceptors (Lipinski definition) is 6. The molecule has 0 spiro atoms. The summed E-state index contributed by atoms with van der Waals surface area (Å²) in [7, 11) is -3.41. The van der Waals surface area contributed by atoms with Crippen LogP contribution in [-0.2, 0) is 16.6 Å². The third-order valence-corrected chi connectivity index (χ3v) is 4.55. The number of hydrogen-bond donors (Lipinski definition) is 1. The van der Waals surface area contributed by atoms with Crippen molar-refractivity contribution in [2.75, 3.05) is 6.61 Å². The van der Waals surface area contributed by atoms with E-state index in [1.165, 1.54) is 18.5 Å². The van der Waals surface area contributed by atoms with Gasteiger partial charge in [0, 0.05) is 6.04 Å². The van der Waals surface area contributed by atoms with Gasteiger partial charge in [-0.15, -0.1) is 5.10 Å². The highest BCUT2D eigenvalue weighted by Crippen LogP contribution is 2.23. The van der Waals surface area contributed by atoms with Gasteiger partial charge in [-0.25, -0.2) is 17.8 Å². The SMILES string of the molecule is O=S(=O)(NC1CC1)c1ccc(OCCn2cnnn2)cc1. The quantitative estimate of drug-likeness (QED) is 0.784. The van der Waals surface area contributed by atoms with Crippen LogP contribution in [0.2, 0.25) is 0 Å². The summed E-state index contributed by atoms with van der Waals surface area (Å²) >= 11 is 0. The number of rotatable bonds is 7. The minimum absolute atomic E-state index is 0.0993. The highest BCUT2D eigenvalue weighted by Gasteiger charge is 2.27. The molecule has 8 nitrogen and oxygen atoms in total. The van der Waals surface area contributed by atoms with Crippen LogP contribution < -0.4 is 9.46 Å². The predicted molar refractivity (Wildman–Crippen MR) is 73.1 cm³/mol. The summed E-state index contributed by atoms with van der Waals surface area (Å²) in [6, 6.07) is 6.46. The van der Waals surface area contributed by atoms with Gasteiger partial charge in [0.1, 0.15) is 18.7 Å². The Kier molecular flexibility index (Phi) is 3.84. The van der Waals surface area contributed by atoms with Gasteiger partial charge in [0.15, 0.2) is 0 Å². The van der Waals surface area contributed by atoms with Gasteiger partial charge < -0.3 is 4.74 Å². The first kappa shape index (κ1) is 14.0. The Morgan fingerprint density at radius 1 is 1.29 bits per heavy atom. The summed E-state index contributed by atoms with van der Waals surface area (Å²) in [5.41, 5.74) is 0. The largest absolute Gasteiger partial charge is 0.492 e. The third kappa shape index (κ3) is 3.76. The lowest BCUT2D eigenvalue weighted by Crippen LogP contribution is -2.25. The molecule has 0 unspecified atom stereocenters. The minimum Gasteiger partial charge on any atom is -0.492 e. The molecule has 0 saturated heterocycles. The van der Waals surface area contributed by atoms with Crippen molar-refractivity contribution in [1.82, 2.24) is 24.9 Å². The van der Waals surface area contributed by atoms with Gasteiger partial charge in [0.25, 0.3) is 0 Å². The number of ether oxygens (including phenoxy) is 1. The second kappa shape index (κ2) is 5.78. The van der Waals surface area contributed by atoms with Crippen molar-refractivity contribution < 1.29 is 13.2 Å². The maximum atomic E-state index is 12.0. The number of benzene rings is 1. The standard InChI is InChI=1S/C12H15N5O3S/c18-21(19,14-10-1-2-10)12-5-3-11(4-6-12)20-8-7-17-9-13-15-16-17/h3-6,9-10,14H,1-2,7-8H2. The van der Waals surface area contributed by atoms with E-state index in [1.807, 2.05) is 0 Å². The molecule has 1 fully saturated rings. The van der Waals surface area contributed by atoms with Crippen molar-refractivity contribution in [1.29, 1.82) is 0 Å². The molecule has 21 heavy (non-hydrogen) atoms. The first-order chi connectivity index (χ1) is 10.1. The highest BCUT2D eigenvalue weighted by molar-refractivity contribution is 7.89. The Hall–Kier alpha value is -2.00. The number of nitrogens with one attached hydrogen (secondary N) is 1. The Balaban J connectivity index is 1.56. The van der Waals surface area contributed by atoms with E-state index in [2.05, 4.69) is 20.2 Å². The molecule has 9 heteroatoms. The molecule has 2 aromatic rings. The fourth-order valence-electron chi connectivity index (χ4n) is 1.74. The number of tetrazole rings is 1. The Morgan fingerprint density at radius 3 is 2.67 bits per heavy atom. The van der Waals surface area contributed by atoms with Gasteiger partial charge in [-0.05, 0) is 47.5 Å². The summed E-state index contributed by atoms with van der Waals surface area (Å²) in [6.45, 7) is 0.924. The lowest BCUT2D eigenvalue weighted by molar-refractivity contribution is 0.289. The van der Waals surface area contributed by atoms with Crippen molar-refractivity contribution in [3.63, 3.8) is 0 Å². The first-order valence-electron chi connectivity index (χ1n) is 6.59. The molecule has 0 radical (unpaired) electrons. The van der Waals surface area contributed by atoms with Gasteiger partial charge in [-0.3, -0.25) is 0 Å². The van der Waals surface area contributed by atoms with Crippen LogP contribution in [0.15, 0.2) is 35.5 Å². The van der Waals surface area contributed by atoms with Crippen LogP contribution in [0.4, 0.5) is 0 Å². The molecule has 112 valence electrons. The molecular weight excluding hydrogens is 294 g/mol. The topological polar surface area (TPSA) is 99.0 Å². The van der Waals surface area contributed by atoms with Crippen molar-refractivity contribution in [2.45, 2.75) is 30.3 Å². The van der Waals surface area contributed by atoms with Gasteiger partial charge in [-0.2, -0.15) is 0 Å². The normalized spacial score (nSPS) is 15.0. The molecule has 0 atom stereocenters. The Bertz CT molecular complexity index is 680. The summed E-state index contributed by atoms with van der Waals surface area (Å²) in [5.74, 6) is 0.605. The average Bonchev–Trinajstić information content (AvgIpc) is 3.11. The van der Waals surface area contributed by atoms with E-state index < -0.39 is 10.0 Å². The van der Waals surface area contributed by atoms with Gasteiger partial charge in [0.05, 0.1) is 11.4 Å². The van der Waals surface area contributed by atoms with Gasteiger partial charge >= 0.3 is 0 Å². The first-order valence-corrected chi connectivity index (χ1v) is 8.08. The van der Waals surface area contributed by atoms with Crippen molar-refractivity contribution in [3.8, 4) is 5.75 Å². The van der Waals surface area contributed by atoms with E-state index in [9.17, 15) is 8.42 Å². The molecule has 0 aliphatic heterocycles. The zero-order valence-electron chi connectivity index (χ0n) is 11.2.